The summed E-state index contributed by atoms with van der Waals surface area (Å²) in [6, 6.07) is 3.59. The van der Waals surface area contributed by atoms with Crippen molar-refractivity contribution < 1.29 is 4.79 Å². The number of nitrogen functional groups attached to an aromatic ring is 1. The number of carbonyl (C=O) groups excluding carboxylic acids is 1. The number of rotatable bonds is 6. The molecule has 1 aromatic rings. The average Bonchev–Trinajstić information content (AvgIpc) is 2.16. The highest BCUT2D eigenvalue weighted by Crippen LogP contribution is 2.10. The third kappa shape index (κ3) is 5.16. The molecule has 0 bridgehead atoms. The van der Waals surface area contributed by atoms with Gasteiger partial charge in [0.05, 0.1) is 5.75 Å². The third-order valence-corrected chi connectivity index (χ3v) is 3.39. The molecule has 1 aromatic heterocycles. The molecule has 1 heterocycles. The first kappa shape index (κ1) is 13.0. The molecule has 0 aliphatic rings. The van der Waals surface area contributed by atoms with Crippen molar-refractivity contribution in [2.75, 3.05) is 17.2 Å². The summed E-state index contributed by atoms with van der Waals surface area (Å²) >= 11 is 1.70. The van der Waals surface area contributed by atoms with Crippen LogP contribution >= 0.6 is 11.8 Å². The minimum Gasteiger partial charge on any atom is -0.384 e. The fourth-order valence-electron chi connectivity index (χ4n) is 1.29. The molecule has 0 saturated carbocycles. The summed E-state index contributed by atoms with van der Waals surface area (Å²) in [4.78, 5) is 15.5. The van der Waals surface area contributed by atoms with Crippen LogP contribution in [0.5, 0.6) is 0 Å². The predicted molar refractivity (Wildman–Crippen MR) is 69.5 cm³/mol. The number of nitrogens with two attached hydrogens (primary N) is 1. The fraction of sp³-hybridized carbons (Fsp3) is 0.500. The number of anilines is 1. The highest BCUT2D eigenvalue weighted by atomic mass is 32.2. The van der Waals surface area contributed by atoms with Gasteiger partial charge in [-0.3, -0.25) is 4.79 Å². The summed E-state index contributed by atoms with van der Waals surface area (Å²) in [5.74, 6) is 2.97. The van der Waals surface area contributed by atoms with Crippen LogP contribution in [0.4, 0.5) is 5.82 Å². The van der Waals surface area contributed by atoms with Crippen LogP contribution in [0.25, 0.3) is 0 Å². The van der Waals surface area contributed by atoms with Crippen molar-refractivity contribution in [3.05, 3.63) is 23.9 Å². The Labute approximate surface area is 101 Å². The molecule has 0 aliphatic heterocycles. The molecule has 0 saturated heterocycles. The van der Waals surface area contributed by atoms with Crippen LogP contribution < -0.4 is 5.73 Å². The van der Waals surface area contributed by atoms with E-state index >= 15 is 0 Å². The molecule has 0 aromatic carbocycles. The molecule has 0 atom stereocenters. The second kappa shape index (κ2) is 6.53. The van der Waals surface area contributed by atoms with Gasteiger partial charge < -0.3 is 5.73 Å². The maximum Gasteiger partial charge on any atom is 0.147 e. The summed E-state index contributed by atoms with van der Waals surface area (Å²) < 4.78 is 0. The lowest BCUT2D eigenvalue weighted by Gasteiger charge is -2.04. The number of thioether (sulfide) groups is 1. The van der Waals surface area contributed by atoms with Crippen molar-refractivity contribution in [3.63, 3.8) is 0 Å². The van der Waals surface area contributed by atoms with Crippen LogP contribution in [0.2, 0.25) is 0 Å². The highest BCUT2D eigenvalue weighted by molar-refractivity contribution is 7.99. The summed E-state index contributed by atoms with van der Waals surface area (Å²) in [6.07, 6.45) is 2.09. The first-order valence-corrected chi connectivity index (χ1v) is 6.53. The Morgan fingerprint density at radius 3 is 2.94 bits per heavy atom. The molecular formula is C12H18N2OS. The van der Waals surface area contributed by atoms with Crippen molar-refractivity contribution in [3.8, 4) is 0 Å². The quantitative estimate of drug-likeness (QED) is 0.825. The zero-order valence-corrected chi connectivity index (χ0v) is 10.6. The Bertz CT molecular complexity index is 353. The second-order valence-corrected chi connectivity index (χ2v) is 5.24. The molecule has 0 unspecified atom stereocenters. The Morgan fingerprint density at radius 1 is 1.56 bits per heavy atom. The van der Waals surface area contributed by atoms with E-state index in [2.05, 4.69) is 18.8 Å². The van der Waals surface area contributed by atoms with Crippen LogP contribution in [-0.2, 0) is 11.2 Å². The maximum absolute atomic E-state index is 11.6. The van der Waals surface area contributed by atoms with E-state index in [9.17, 15) is 4.79 Å². The SMILES string of the molecule is CC(C)CSCC(=O)Cc1ccnc(N)c1. The van der Waals surface area contributed by atoms with Gasteiger partial charge in [0, 0.05) is 12.6 Å². The highest BCUT2D eigenvalue weighted by Gasteiger charge is 2.05. The number of Topliss-reactive ketones (excluding diaryl/α,β-unsaturated/α-hetero) is 1. The third-order valence-electron chi connectivity index (χ3n) is 1.96. The molecular weight excluding hydrogens is 220 g/mol. The minimum absolute atomic E-state index is 0.247. The molecule has 0 fully saturated rings. The van der Waals surface area contributed by atoms with Crippen molar-refractivity contribution in [1.82, 2.24) is 4.98 Å². The normalized spacial score (nSPS) is 10.7. The molecule has 3 nitrogen and oxygen atoms in total. The maximum atomic E-state index is 11.6. The molecule has 0 aliphatic carbocycles. The van der Waals surface area contributed by atoms with E-state index in [-0.39, 0.29) is 5.78 Å². The van der Waals surface area contributed by atoms with Gasteiger partial charge in [-0.15, -0.1) is 0 Å². The molecule has 0 spiro atoms. The van der Waals surface area contributed by atoms with Gasteiger partial charge in [0.1, 0.15) is 11.6 Å². The Balaban J connectivity index is 2.34. The zero-order valence-electron chi connectivity index (χ0n) is 9.77. The lowest BCUT2D eigenvalue weighted by molar-refractivity contribution is -0.115. The number of aromatic nitrogens is 1. The minimum atomic E-state index is 0.247. The monoisotopic (exact) mass is 238 g/mol. The van der Waals surface area contributed by atoms with E-state index in [1.165, 1.54) is 0 Å². The van der Waals surface area contributed by atoms with Crippen LogP contribution in [0, 0.1) is 5.92 Å². The van der Waals surface area contributed by atoms with Gasteiger partial charge in [0.25, 0.3) is 0 Å². The average molecular weight is 238 g/mol. The van der Waals surface area contributed by atoms with E-state index in [0.29, 0.717) is 23.9 Å². The topological polar surface area (TPSA) is 56.0 Å². The molecule has 16 heavy (non-hydrogen) atoms. The van der Waals surface area contributed by atoms with Gasteiger partial charge in [-0.25, -0.2) is 4.98 Å². The summed E-state index contributed by atoms with van der Waals surface area (Å²) in [6.45, 7) is 4.31. The van der Waals surface area contributed by atoms with E-state index in [4.69, 9.17) is 5.73 Å². The van der Waals surface area contributed by atoms with Gasteiger partial charge in [0.2, 0.25) is 0 Å². The molecule has 2 N–H and O–H groups in total. The van der Waals surface area contributed by atoms with Gasteiger partial charge >= 0.3 is 0 Å². The smallest absolute Gasteiger partial charge is 0.147 e. The van der Waals surface area contributed by atoms with Gasteiger partial charge in [-0.2, -0.15) is 11.8 Å². The lowest BCUT2D eigenvalue weighted by Crippen LogP contribution is -2.07. The number of pyridine rings is 1. The zero-order chi connectivity index (χ0) is 12.0. The Hall–Kier alpha value is -1.03. The van der Waals surface area contributed by atoms with Crippen molar-refractivity contribution >= 4 is 23.4 Å². The van der Waals surface area contributed by atoms with Crippen LogP contribution in [0.15, 0.2) is 18.3 Å². The van der Waals surface area contributed by atoms with Crippen LogP contribution in [0.1, 0.15) is 19.4 Å². The molecule has 1 rings (SSSR count). The molecule has 88 valence electrons. The van der Waals surface area contributed by atoms with Gasteiger partial charge in [0.15, 0.2) is 0 Å². The van der Waals surface area contributed by atoms with Crippen LogP contribution in [-0.4, -0.2) is 22.3 Å². The van der Waals surface area contributed by atoms with E-state index in [1.54, 1.807) is 24.0 Å². The first-order chi connectivity index (χ1) is 7.58. The van der Waals surface area contributed by atoms with Crippen molar-refractivity contribution in [2.24, 2.45) is 5.92 Å². The van der Waals surface area contributed by atoms with Gasteiger partial charge in [-0.05, 0) is 29.4 Å². The number of nitrogens with zero attached hydrogens (tertiary/aromatic N) is 1. The summed E-state index contributed by atoms with van der Waals surface area (Å²) in [5, 5.41) is 0. The Kier molecular flexibility index (Phi) is 5.32. The molecule has 0 amide bonds. The molecule has 4 heteroatoms. The fourth-order valence-corrected chi connectivity index (χ4v) is 2.21. The summed E-state index contributed by atoms with van der Waals surface area (Å²) in [7, 11) is 0. The van der Waals surface area contributed by atoms with Crippen molar-refractivity contribution in [1.29, 1.82) is 0 Å². The van der Waals surface area contributed by atoms with E-state index < -0.39 is 0 Å². The number of hydrogen-bond donors (Lipinski definition) is 1. The lowest BCUT2D eigenvalue weighted by atomic mass is 10.1. The van der Waals surface area contributed by atoms with E-state index in [0.717, 1.165) is 11.3 Å². The van der Waals surface area contributed by atoms with Crippen molar-refractivity contribution in [2.45, 2.75) is 20.3 Å². The number of hydrogen-bond acceptors (Lipinski definition) is 4. The summed E-state index contributed by atoms with van der Waals surface area (Å²) in [5.41, 5.74) is 6.49. The van der Waals surface area contributed by atoms with Gasteiger partial charge in [-0.1, -0.05) is 13.8 Å². The van der Waals surface area contributed by atoms with Crippen LogP contribution in [0.3, 0.4) is 0 Å². The Morgan fingerprint density at radius 2 is 2.31 bits per heavy atom. The number of ketones is 1. The second-order valence-electron chi connectivity index (χ2n) is 4.21. The first-order valence-electron chi connectivity index (χ1n) is 5.37. The largest absolute Gasteiger partial charge is 0.384 e. The molecule has 0 radical (unpaired) electrons. The number of carbonyl (C=O) groups is 1. The van der Waals surface area contributed by atoms with E-state index in [1.807, 2.05) is 6.07 Å². The predicted octanol–water partition coefficient (Wildman–Crippen LogP) is 2.16. The standard InChI is InChI=1S/C12H18N2OS/c1-9(2)7-16-8-11(15)5-10-3-4-14-12(13)6-10/h3-4,6,9H,5,7-8H2,1-2H3,(H2,13,14).